The summed E-state index contributed by atoms with van der Waals surface area (Å²) >= 11 is 0. The third-order valence-electron chi connectivity index (χ3n) is 7.56. The van der Waals surface area contributed by atoms with Gasteiger partial charge in [-0.05, 0) is 56.5 Å². The molecule has 2 aliphatic rings. The van der Waals surface area contributed by atoms with E-state index < -0.39 is 17.6 Å². The zero-order valence-corrected chi connectivity index (χ0v) is 21.4. The number of nitrogens with one attached hydrogen (secondary N) is 1. The van der Waals surface area contributed by atoms with Gasteiger partial charge in [0.15, 0.2) is 0 Å². The number of carbonyl (C=O) groups excluding carboxylic acids is 2. The first-order chi connectivity index (χ1) is 18.9. The van der Waals surface area contributed by atoms with Crippen LogP contribution in [0.1, 0.15) is 64.2 Å². The lowest BCUT2D eigenvalue weighted by atomic mass is 10.0. The van der Waals surface area contributed by atoms with E-state index in [2.05, 4.69) is 15.5 Å². The van der Waals surface area contributed by atoms with Gasteiger partial charge in [0.25, 0.3) is 5.91 Å². The SMILES string of the molecule is CCOC(=O)c1cnn2c1CC(NC(=O)c1cnn3ccc(N4CCCC4c4cc(F)ccc4F)cc13)CC2. The lowest BCUT2D eigenvalue weighted by Crippen LogP contribution is -2.40. The fraction of sp³-hybridized carbons (Fsp3) is 0.357. The zero-order chi connectivity index (χ0) is 27.1. The van der Waals surface area contributed by atoms with Crippen molar-refractivity contribution in [1.29, 1.82) is 0 Å². The topological polar surface area (TPSA) is 93.8 Å². The lowest BCUT2D eigenvalue weighted by molar-refractivity contribution is 0.0524. The van der Waals surface area contributed by atoms with Crippen LogP contribution in [0.5, 0.6) is 0 Å². The van der Waals surface area contributed by atoms with Crippen LogP contribution in [-0.4, -0.2) is 50.5 Å². The molecule has 5 heterocycles. The molecular weight excluding hydrogens is 506 g/mol. The summed E-state index contributed by atoms with van der Waals surface area (Å²) in [5.41, 5.74) is 3.34. The quantitative estimate of drug-likeness (QED) is 0.375. The minimum atomic E-state index is -0.469. The molecule has 4 aromatic rings. The fourth-order valence-corrected chi connectivity index (χ4v) is 5.69. The molecule has 1 amide bonds. The average molecular weight is 535 g/mol. The van der Waals surface area contributed by atoms with Crippen LogP contribution in [0.15, 0.2) is 48.9 Å². The Morgan fingerprint density at radius 3 is 2.77 bits per heavy atom. The second kappa shape index (κ2) is 10.1. The molecule has 0 aliphatic carbocycles. The fourth-order valence-electron chi connectivity index (χ4n) is 5.69. The number of nitrogens with zero attached hydrogens (tertiary/aromatic N) is 5. The van der Waals surface area contributed by atoms with E-state index in [9.17, 15) is 18.4 Å². The molecule has 1 fully saturated rings. The molecule has 1 aromatic carbocycles. The van der Waals surface area contributed by atoms with Crippen molar-refractivity contribution >= 4 is 23.1 Å². The first kappa shape index (κ1) is 25.0. The van der Waals surface area contributed by atoms with Gasteiger partial charge in [-0.1, -0.05) is 0 Å². The van der Waals surface area contributed by atoms with Crippen LogP contribution in [0.25, 0.3) is 5.52 Å². The number of hydrogen-bond acceptors (Lipinski definition) is 6. The predicted molar refractivity (Wildman–Crippen MR) is 139 cm³/mol. The highest BCUT2D eigenvalue weighted by atomic mass is 19.1. The van der Waals surface area contributed by atoms with E-state index in [4.69, 9.17) is 4.74 Å². The Bertz CT molecular complexity index is 1560. The summed E-state index contributed by atoms with van der Waals surface area (Å²) in [5.74, 6) is -1.59. The summed E-state index contributed by atoms with van der Waals surface area (Å²) in [4.78, 5) is 27.7. The second-order valence-corrected chi connectivity index (χ2v) is 9.90. The number of ether oxygens (including phenoxy) is 1. The highest BCUT2D eigenvalue weighted by molar-refractivity contribution is 6.01. The smallest absolute Gasteiger partial charge is 0.341 e. The Morgan fingerprint density at radius 1 is 1.08 bits per heavy atom. The standard InChI is InChI=1S/C28H28F2N6O3/c1-2-39-28(38)22-16-32-35-10-7-18(13-25(22)35)33-27(37)21-15-31-36-11-8-19(14-26(21)36)34-9-3-4-24(34)20-12-17(29)5-6-23(20)30/h5-6,8,11-12,14-16,18,24H,2-4,7,9-10,13H2,1H3,(H,33,37). The molecule has 2 atom stereocenters. The highest BCUT2D eigenvalue weighted by Crippen LogP contribution is 2.38. The summed E-state index contributed by atoms with van der Waals surface area (Å²) in [6, 6.07) is 6.80. The van der Waals surface area contributed by atoms with E-state index >= 15 is 0 Å². The number of aryl methyl sites for hydroxylation is 1. The van der Waals surface area contributed by atoms with Crippen LogP contribution in [-0.2, 0) is 17.7 Å². The summed E-state index contributed by atoms with van der Waals surface area (Å²) in [6.07, 6.45) is 7.48. The van der Waals surface area contributed by atoms with Gasteiger partial charge in [-0.25, -0.2) is 18.1 Å². The summed E-state index contributed by atoms with van der Waals surface area (Å²) in [6.45, 7) is 3.29. The minimum absolute atomic E-state index is 0.188. The van der Waals surface area contributed by atoms with Crippen molar-refractivity contribution < 1.29 is 23.1 Å². The van der Waals surface area contributed by atoms with E-state index in [-0.39, 0.29) is 24.6 Å². The van der Waals surface area contributed by atoms with Gasteiger partial charge in [-0.3, -0.25) is 9.48 Å². The van der Waals surface area contributed by atoms with Crippen LogP contribution in [0, 0.1) is 11.6 Å². The van der Waals surface area contributed by atoms with Crippen LogP contribution in [0.3, 0.4) is 0 Å². The number of aromatic nitrogens is 4. The Labute approximate surface area is 223 Å². The number of fused-ring (bicyclic) bond motifs is 2. The maximum Gasteiger partial charge on any atom is 0.341 e. The predicted octanol–water partition coefficient (Wildman–Crippen LogP) is 4.07. The van der Waals surface area contributed by atoms with Gasteiger partial charge < -0.3 is 15.0 Å². The lowest BCUT2D eigenvalue weighted by Gasteiger charge is -2.27. The van der Waals surface area contributed by atoms with Crippen molar-refractivity contribution in [3.63, 3.8) is 0 Å². The maximum absolute atomic E-state index is 14.6. The van der Waals surface area contributed by atoms with Crippen molar-refractivity contribution in [2.75, 3.05) is 18.1 Å². The minimum Gasteiger partial charge on any atom is -0.462 e. The first-order valence-electron chi connectivity index (χ1n) is 13.1. The van der Waals surface area contributed by atoms with Crippen molar-refractivity contribution in [3.05, 3.63) is 82.9 Å². The molecule has 2 aliphatic heterocycles. The molecule has 6 rings (SSSR count). The van der Waals surface area contributed by atoms with Gasteiger partial charge in [0.1, 0.15) is 17.2 Å². The number of esters is 1. The first-order valence-corrected chi connectivity index (χ1v) is 13.1. The molecule has 9 nitrogen and oxygen atoms in total. The molecule has 1 saturated heterocycles. The molecule has 1 N–H and O–H groups in total. The molecular formula is C28H28F2N6O3. The molecule has 2 unspecified atom stereocenters. The number of benzene rings is 1. The van der Waals surface area contributed by atoms with E-state index in [1.807, 2.05) is 17.0 Å². The molecule has 39 heavy (non-hydrogen) atoms. The van der Waals surface area contributed by atoms with Crippen molar-refractivity contribution in [2.45, 2.75) is 51.2 Å². The Morgan fingerprint density at radius 2 is 1.92 bits per heavy atom. The highest BCUT2D eigenvalue weighted by Gasteiger charge is 2.30. The Balaban J connectivity index is 1.23. The molecule has 11 heteroatoms. The van der Waals surface area contributed by atoms with E-state index in [1.54, 1.807) is 22.3 Å². The molecule has 0 saturated carbocycles. The molecule has 202 valence electrons. The van der Waals surface area contributed by atoms with Crippen molar-refractivity contribution in [2.24, 2.45) is 0 Å². The Hall–Kier alpha value is -4.28. The summed E-state index contributed by atoms with van der Waals surface area (Å²) in [5, 5.41) is 11.7. The van der Waals surface area contributed by atoms with Gasteiger partial charge in [-0.15, -0.1) is 0 Å². The van der Waals surface area contributed by atoms with Crippen molar-refractivity contribution in [3.8, 4) is 0 Å². The molecule has 0 radical (unpaired) electrons. The van der Waals surface area contributed by atoms with Gasteiger partial charge in [0.2, 0.25) is 0 Å². The Kier molecular flexibility index (Phi) is 6.49. The van der Waals surface area contributed by atoms with Crippen LogP contribution in [0.4, 0.5) is 14.5 Å². The molecule has 0 spiro atoms. The third kappa shape index (κ3) is 4.62. The van der Waals surface area contributed by atoms with E-state index in [0.29, 0.717) is 54.6 Å². The number of halogens is 2. The zero-order valence-electron chi connectivity index (χ0n) is 21.4. The van der Waals surface area contributed by atoms with Crippen LogP contribution < -0.4 is 10.2 Å². The third-order valence-corrected chi connectivity index (χ3v) is 7.56. The molecule has 3 aromatic heterocycles. The van der Waals surface area contributed by atoms with E-state index in [0.717, 1.165) is 29.9 Å². The normalized spacial score (nSPS) is 18.8. The van der Waals surface area contributed by atoms with Gasteiger partial charge in [0.05, 0.1) is 41.8 Å². The van der Waals surface area contributed by atoms with Crippen LogP contribution >= 0.6 is 0 Å². The van der Waals surface area contributed by atoms with E-state index in [1.165, 1.54) is 18.5 Å². The van der Waals surface area contributed by atoms with Gasteiger partial charge in [0, 0.05) is 43.0 Å². The van der Waals surface area contributed by atoms with Gasteiger partial charge in [-0.2, -0.15) is 10.2 Å². The number of hydrogen-bond donors (Lipinski definition) is 1. The summed E-state index contributed by atoms with van der Waals surface area (Å²) < 4.78 is 37.1. The average Bonchev–Trinajstić information content (AvgIpc) is 3.67. The maximum atomic E-state index is 14.6. The largest absolute Gasteiger partial charge is 0.462 e. The summed E-state index contributed by atoms with van der Waals surface area (Å²) in [7, 11) is 0. The molecule has 0 bridgehead atoms. The number of carbonyl (C=O) groups is 2. The second-order valence-electron chi connectivity index (χ2n) is 9.90. The number of amides is 1. The van der Waals surface area contributed by atoms with Crippen LogP contribution in [0.2, 0.25) is 0 Å². The number of pyridine rings is 1. The number of anilines is 1. The monoisotopic (exact) mass is 534 g/mol. The van der Waals surface area contributed by atoms with Gasteiger partial charge >= 0.3 is 5.97 Å². The van der Waals surface area contributed by atoms with Crippen molar-refractivity contribution in [1.82, 2.24) is 24.7 Å². The number of rotatable bonds is 6.